The first-order valence-corrected chi connectivity index (χ1v) is 6.20. The van der Waals surface area contributed by atoms with Gasteiger partial charge >= 0.3 is 0 Å². The number of hydrogen-bond donors (Lipinski definition) is 1. The number of aromatic nitrogens is 2. The van der Waals surface area contributed by atoms with Gasteiger partial charge in [0.25, 0.3) is 5.91 Å². The van der Waals surface area contributed by atoms with Gasteiger partial charge in [-0.1, -0.05) is 0 Å². The molecule has 0 saturated heterocycles. The van der Waals surface area contributed by atoms with E-state index in [1.165, 1.54) is 22.7 Å². The lowest BCUT2D eigenvalue weighted by Crippen LogP contribution is -2.22. The molecule has 1 N–H and O–H groups in total. The van der Waals surface area contributed by atoms with E-state index in [1.54, 1.807) is 11.6 Å². The molecule has 2 heterocycles. The minimum atomic E-state index is -0.128. The lowest BCUT2D eigenvalue weighted by Gasteiger charge is -1.95. The minimum absolute atomic E-state index is 0.128. The number of nitrogens with zero attached hydrogens (tertiary/aromatic N) is 2. The van der Waals surface area contributed by atoms with Crippen molar-refractivity contribution in [1.82, 2.24) is 15.3 Å². The molecular weight excluding hydrogens is 230 g/mol. The van der Waals surface area contributed by atoms with E-state index in [1.807, 2.05) is 12.3 Å². The zero-order valence-corrected chi connectivity index (χ0v) is 9.69. The maximum Gasteiger partial charge on any atom is 0.270 e. The van der Waals surface area contributed by atoms with Gasteiger partial charge in [0.15, 0.2) is 10.0 Å². The van der Waals surface area contributed by atoms with E-state index in [2.05, 4.69) is 15.3 Å². The van der Waals surface area contributed by atoms with Crippen LogP contribution in [0.1, 0.15) is 17.4 Å². The van der Waals surface area contributed by atoms with Crippen LogP contribution in [-0.4, -0.2) is 22.4 Å². The third-order valence-electron chi connectivity index (χ3n) is 1.69. The molecule has 2 aromatic rings. The molecule has 0 aromatic carbocycles. The topological polar surface area (TPSA) is 54.9 Å². The van der Waals surface area contributed by atoms with Crippen LogP contribution in [-0.2, 0) is 0 Å². The molecule has 0 unspecified atom stereocenters. The molecule has 15 heavy (non-hydrogen) atoms. The Labute approximate surface area is 95.0 Å². The molecule has 4 nitrogen and oxygen atoms in total. The number of carbonyl (C=O) groups excluding carboxylic acids is 1. The molecule has 0 saturated carbocycles. The molecule has 6 heteroatoms. The first-order chi connectivity index (χ1) is 7.31. The van der Waals surface area contributed by atoms with E-state index >= 15 is 0 Å². The fourth-order valence-electron chi connectivity index (χ4n) is 1.06. The Morgan fingerprint density at radius 3 is 3.00 bits per heavy atom. The van der Waals surface area contributed by atoms with Crippen molar-refractivity contribution >= 4 is 28.6 Å². The summed E-state index contributed by atoms with van der Waals surface area (Å²) in [6, 6.07) is 0. The average Bonchev–Trinajstić information content (AvgIpc) is 2.89. The predicted octanol–water partition coefficient (Wildman–Crippen LogP) is 2.02. The predicted molar refractivity (Wildman–Crippen MR) is 61.2 cm³/mol. The smallest absolute Gasteiger partial charge is 0.270 e. The Morgan fingerprint density at radius 2 is 2.33 bits per heavy atom. The van der Waals surface area contributed by atoms with Crippen LogP contribution in [0.5, 0.6) is 0 Å². The van der Waals surface area contributed by atoms with Gasteiger partial charge in [0.1, 0.15) is 5.69 Å². The van der Waals surface area contributed by atoms with Crippen LogP contribution in [0.4, 0.5) is 0 Å². The van der Waals surface area contributed by atoms with Crippen molar-refractivity contribution in [2.75, 3.05) is 6.54 Å². The Balaban J connectivity index is 2.21. The molecule has 0 aliphatic rings. The second-order valence-corrected chi connectivity index (χ2v) is 4.49. The van der Waals surface area contributed by atoms with Gasteiger partial charge in [0.2, 0.25) is 0 Å². The number of thiazole rings is 2. The molecular formula is C9H9N3OS2. The van der Waals surface area contributed by atoms with Gasteiger partial charge < -0.3 is 5.32 Å². The van der Waals surface area contributed by atoms with Gasteiger partial charge in [-0.3, -0.25) is 4.79 Å². The van der Waals surface area contributed by atoms with Crippen molar-refractivity contribution in [2.45, 2.75) is 6.92 Å². The first kappa shape index (κ1) is 10.3. The number of nitrogens with one attached hydrogen (secondary N) is 1. The largest absolute Gasteiger partial charge is 0.351 e. The summed E-state index contributed by atoms with van der Waals surface area (Å²) in [5.74, 6) is -0.128. The molecule has 0 atom stereocenters. The van der Waals surface area contributed by atoms with E-state index in [0.717, 1.165) is 10.0 Å². The third-order valence-corrected chi connectivity index (χ3v) is 3.45. The molecule has 0 radical (unpaired) electrons. The summed E-state index contributed by atoms with van der Waals surface area (Å²) in [7, 11) is 0. The summed E-state index contributed by atoms with van der Waals surface area (Å²) < 4.78 is 0. The van der Waals surface area contributed by atoms with Crippen LogP contribution >= 0.6 is 22.7 Å². The van der Waals surface area contributed by atoms with Crippen LogP contribution < -0.4 is 5.32 Å². The summed E-state index contributed by atoms with van der Waals surface area (Å²) in [4.78, 5) is 19.8. The van der Waals surface area contributed by atoms with Crippen molar-refractivity contribution in [3.63, 3.8) is 0 Å². The minimum Gasteiger partial charge on any atom is -0.351 e. The summed E-state index contributed by atoms with van der Waals surface area (Å²) in [6.45, 7) is 2.49. The van der Waals surface area contributed by atoms with Crippen LogP contribution in [0.15, 0.2) is 17.0 Å². The van der Waals surface area contributed by atoms with E-state index < -0.39 is 0 Å². The van der Waals surface area contributed by atoms with Crippen molar-refractivity contribution in [2.24, 2.45) is 0 Å². The maximum atomic E-state index is 11.4. The van der Waals surface area contributed by atoms with Crippen LogP contribution in [0, 0.1) is 0 Å². The molecule has 0 aliphatic heterocycles. The number of amides is 1. The molecule has 1 amide bonds. The molecule has 0 spiro atoms. The second kappa shape index (κ2) is 4.50. The van der Waals surface area contributed by atoms with Crippen molar-refractivity contribution in [1.29, 1.82) is 0 Å². The Bertz CT molecular complexity index is 450. The molecule has 2 aromatic heterocycles. The zero-order valence-electron chi connectivity index (χ0n) is 8.06. The van der Waals surface area contributed by atoms with Gasteiger partial charge in [-0.05, 0) is 6.92 Å². The van der Waals surface area contributed by atoms with Crippen molar-refractivity contribution < 1.29 is 4.79 Å². The van der Waals surface area contributed by atoms with Crippen LogP contribution in [0.25, 0.3) is 10.0 Å². The average molecular weight is 239 g/mol. The molecule has 0 aliphatic carbocycles. The second-order valence-electron chi connectivity index (χ2n) is 2.73. The standard InChI is InChI=1S/C9H9N3OS2/c1-2-10-7(13)6-5-15-9(12-6)8-11-3-4-14-8/h3-5H,2H2,1H3,(H,10,13). The van der Waals surface area contributed by atoms with E-state index in [0.29, 0.717) is 12.2 Å². The zero-order chi connectivity index (χ0) is 10.7. The summed E-state index contributed by atoms with van der Waals surface area (Å²) >= 11 is 2.96. The third kappa shape index (κ3) is 2.21. The van der Waals surface area contributed by atoms with Crippen molar-refractivity contribution in [3.05, 3.63) is 22.7 Å². The summed E-state index contributed by atoms with van der Waals surface area (Å²) in [5.41, 5.74) is 0.465. The summed E-state index contributed by atoms with van der Waals surface area (Å²) in [6.07, 6.45) is 1.73. The highest BCUT2D eigenvalue weighted by Gasteiger charge is 2.11. The number of carbonyl (C=O) groups is 1. The monoisotopic (exact) mass is 239 g/mol. The molecule has 0 fully saturated rings. The van der Waals surface area contributed by atoms with Crippen LogP contribution in [0.2, 0.25) is 0 Å². The van der Waals surface area contributed by atoms with Gasteiger partial charge in [-0.2, -0.15) is 0 Å². The van der Waals surface area contributed by atoms with E-state index in [9.17, 15) is 4.79 Å². The van der Waals surface area contributed by atoms with Gasteiger partial charge in [0.05, 0.1) is 0 Å². The normalized spacial score (nSPS) is 10.2. The Morgan fingerprint density at radius 1 is 1.47 bits per heavy atom. The highest BCUT2D eigenvalue weighted by Crippen LogP contribution is 2.25. The quantitative estimate of drug-likeness (QED) is 0.891. The Hall–Kier alpha value is -1.27. The number of hydrogen-bond acceptors (Lipinski definition) is 5. The number of rotatable bonds is 3. The lowest BCUT2D eigenvalue weighted by molar-refractivity contribution is 0.0951. The maximum absolute atomic E-state index is 11.4. The van der Waals surface area contributed by atoms with E-state index in [-0.39, 0.29) is 5.91 Å². The SMILES string of the molecule is CCNC(=O)c1csc(-c2nccs2)n1. The molecule has 2 rings (SSSR count). The molecule has 0 bridgehead atoms. The van der Waals surface area contributed by atoms with Gasteiger partial charge in [0, 0.05) is 23.5 Å². The fourth-order valence-corrected chi connectivity index (χ4v) is 2.55. The van der Waals surface area contributed by atoms with Crippen LogP contribution in [0.3, 0.4) is 0 Å². The van der Waals surface area contributed by atoms with E-state index in [4.69, 9.17) is 0 Å². The lowest BCUT2D eigenvalue weighted by atomic mass is 10.4. The van der Waals surface area contributed by atoms with Crippen molar-refractivity contribution in [3.8, 4) is 10.0 Å². The van der Waals surface area contributed by atoms with Gasteiger partial charge in [-0.25, -0.2) is 9.97 Å². The summed E-state index contributed by atoms with van der Waals surface area (Å²) in [5, 5.41) is 8.01. The highest BCUT2D eigenvalue weighted by molar-refractivity contribution is 7.19. The first-order valence-electron chi connectivity index (χ1n) is 4.45. The highest BCUT2D eigenvalue weighted by atomic mass is 32.1. The fraction of sp³-hybridized carbons (Fsp3) is 0.222. The molecule has 78 valence electrons. The van der Waals surface area contributed by atoms with Gasteiger partial charge in [-0.15, -0.1) is 22.7 Å². The Kier molecular flexibility index (Phi) is 3.08.